The molecule has 2 aromatic carbocycles. The largest absolute Gasteiger partial charge is 0.444 e. The number of carbonyl (C=O) groups is 1. The van der Waals surface area contributed by atoms with E-state index >= 15 is 0 Å². The first kappa shape index (κ1) is 32.2. The van der Waals surface area contributed by atoms with Gasteiger partial charge in [-0.05, 0) is 62.7 Å². The Balaban J connectivity index is 1.60. The van der Waals surface area contributed by atoms with Crippen LogP contribution in [0.2, 0.25) is 0 Å². The van der Waals surface area contributed by atoms with Crippen molar-refractivity contribution in [2.75, 3.05) is 35.4 Å². The molecule has 0 spiro atoms. The molecule has 45 heavy (non-hydrogen) atoms. The molecule has 0 aliphatic carbocycles. The first-order chi connectivity index (χ1) is 20.9. The highest BCUT2D eigenvalue weighted by Gasteiger charge is 2.43. The van der Waals surface area contributed by atoms with E-state index in [1.54, 1.807) is 25.7 Å². The molecule has 1 aromatic heterocycles. The molecule has 1 fully saturated rings. The van der Waals surface area contributed by atoms with Crippen molar-refractivity contribution < 1.29 is 49.0 Å². The van der Waals surface area contributed by atoms with Gasteiger partial charge in [0.25, 0.3) is 10.0 Å². The van der Waals surface area contributed by atoms with E-state index in [2.05, 4.69) is 9.72 Å². The van der Waals surface area contributed by atoms with Gasteiger partial charge in [0.15, 0.2) is 5.82 Å². The van der Waals surface area contributed by atoms with Crippen molar-refractivity contribution >= 4 is 27.6 Å². The molecule has 0 N–H and O–H groups in total. The van der Waals surface area contributed by atoms with Crippen molar-refractivity contribution in [3.05, 3.63) is 66.1 Å². The van der Waals surface area contributed by atoms with Crippen LogP contribution in [0.4, 0.5) is 42.6 Å². The summed E-state index contributed by atoms with van der Waals surface area (Å²) in [6.45, 7) is 2.01. The summed E-state index contributed by atoms with van der Waals surface area (Å²) < 4.78 is 119. The Morgan fingerprint density at radius 1 is 1.00 bits per heavy atom. The minimum atomic E-state index is -4.82. The standard InChI is InChI=1S/C29H28F6N4O5S/c1-28(2,3)44-27(40)37-7-8-38-21(15-37)16-39(45(41,42)23-6-4-5-19(12-23)29(33,34)35)24-11-18(14-36-25(24)38)17-9-20(30)13-22(10-17)43-26(31)32/h4-6,9-14,21,26H,7-8,15-16H2,1-3H3/t21-/m1/s1. The van der Waals surface area contributed by atoms with Crippen LogP contribution in [-0.4, -0.2) is 68.8 Å². The number of amides is 1. The SMILES string of the molecule is CC(C)(C)OC(=O)N1CCN2c3ncc(-c4cc(F)cc(OC(F)F)c4)cc3N(S(=O)(=O)c3cccc(C(F)(F)F)c3)C[C@H]2C1. The number of benzene rings is 2. The molecule has 3 aromatic rings. The van der Waals surface area contributed by atoms with Crippen LogP contribution < -0.4 is 13.9 Å². The fourth-order valence-corrected chi connectivity index (χ4v) is 6.71. The molecule has 0 bridgehead atoms. The maximum atomic E-state index is 14.4. The molecule has 9 nitrogen and oxygen atoms in total. The number of alkyl halides is 5. The van der Waals surface area contributed by atoms with Gasteiger partial charge < -0.3 is 19.3 Å². The average Bonchev–Trinajstić information content (AvgIpc) is 2.94. The van der Waals surface area contributed by atoms with Gasteiger partial charge in [0.05, 0.1) is 28.7 Å². The third kappa shape index (κ3) is 6.89. The number of pyridine rings is 1. The van der Waals surface area contributed by atoms with Gasteiger partial charge >= 0.3 is 18.9 Å². The second-order valence-electron chi connectivity index (χ2n) is 11.5. The van der Waals surface area contributed by atoms with Crippen molar-refractivity contribution in [1.82, 2.24) is 9.88 Å². The minimum absolute atomic E-state index is 0.0185. The topological polar surface area (TPSA) is 92.3 Å². The zero-order chi connectivity index (χ0) is 32.9. The molecule has 1 atom stereocenters. The van der Waals surface area contributed by atoms with E-state index in [1.807, 2.05) is 0 Å². The van der Waals surface area contributed by atoms with E-state index in [0.29, 0.717) is 6.07 Å². The summed E-state index contributed by atoms with van der Waals surface area (Å²) in [6, 6.07) is 6.82. The van der Waals surface area contributed by atoms with E-state index in [1.165, 1.54) is 17.2 Å². The number of hydrogen-bond donors (Lipinski definition) is 0. The number of halogens is 6. The number of rotatable bonds is 5. The fourth-order valence-electron chi connectivity index (χ4n) is 5.17. The first-order valence-electron chi connectivity index (χ1n) is 13.6. The number of ether oxygens (including phenoxy) is 2. The van der Waals surface area contributed by atoms with Crippen molar-refractivity contribution in [2.45, 2.75) is 50.1 Å². The molecule has 0 radical (unpaired) electrons. The quantitative estimate of drug-likeness (QED) is 0.304. The normalized spacial score (nSPS) is 17.2. The molecule has 5 rings (SSSR count). The Kier molecular flexibility index (Phi) is 8.31. The molecule has 3 heterocycles. The average molecular weight is 659 g/mol. The lowest BCUT2D eigenvalue weighted by Crippen LogP contribution is -2.62. The van der Waals surface area contributed by atoms with Crippen LogP contribution in [0.15, 0.2) is 59.6 Å². The van der Waals surface area contributed by atoms with Gasteiger partial charge in [-0.1, -0.05) is 6.07 Å². The smallest absolute Gasteiger partial charge is 0.416 e. The number of carbonyl (C=O) groups excluding carboxylic acids is 1. The highest BCUT2D eigenvalue weighted by molar-refractivity contribution is 7.92. The highest BCUT2D eigenvalue weighted by atomic mass is 32.2. The second-order valence-corrected chi connectivity index (χ2v) is 13.3. The maximum Gasteiger partial charge on any atom is 0.416 e. The monoisotopic (exact) mass is 658 g/mol. The molecule has 2 aliphatic rings. The number of sulfonamides is 1. The molecule has 2 aliphatic heterocycles. The Labute approximate surface area is 255 Å². The van der Waals surface area contributed by atoms with E-state index < -0.39 is 62.6 Å². The van der Waals surface area contributed by atoms with Crippen LogP contribution in [-0.2, 0) is 20.9 Å². The molecule has 0 unspecified atom stereocenters. The summed E-state index contributed by atoms with van der Waals surface area (Å²) >= 11 is 0. The molecular formula is C29H28F6N4O5S. The predicted octanol–water partition coefficient (Wildman–Crippen LogP) is 6.14. The summed E-state index contributed by atoms with van der Waals surface area (Å²) in [6.07, 6.45) is -4.14. The summed E-state index contributed by atoms with van der Waals surface area (Å²) in [7, 11) is -4.67. The van der Waals surface area contributed by atoms with Crippen molar-refractivity contribution in [2.24, 2.45) is 0 Å². The lowest BCUT2D eigenvalue weighted by Gasteiger charge is -2.48. The van der Waals surface area contributed by atoms with Gasteiger partial charge in [0, 0.05) is 37.5 Å². The van der Waals surface area contributed by atoms with Gasteiger partial charge in [0.1, 0.15) is 17.2 Å². The molecular weight excluding hydrogens is 630 g/mol. The fraction of sp³-hybridized carbons (Fsp3) is 0.379. The Morgan fingerprint density at radius 3 is 2.40 bits per heavy atom. The lowest BCUT2D eigenvalue weighted by molar-refractivity contribution is -0.137. The first-order valence-corrected chi connectivity index (χ1v) is 15.1. The van der Waals surface area contributed by atoms with Crippen LogP contribution in [0.3, 0.4) is 0 Å². The van der Waals surface area contributed by atoms with Crippen LogP contribution in [0.5, 0.6) is 5.75 Å². The van der Waals surface area contributed by atoms with Gasteiger partial charge in [-0.3, -0.25) is 4.31 Å². The molecule has 0 saturated carbocycles. The summed E-state index contributed by atoms with van der Waals surface area (Å²) in [5.41, 5.74) is -1.83. The van der Waals surface area contributed by atoms with Gasteiger partial charge in [0.2, 0.25) is 0 Å². The zero-order valence-electron chi connectivity index (χ0n) is 24.2. The summed E-state index contributed by atoms with van der Waals surface area (Å²) in [5.74, 6) is -1.24. The summed E-state index contributed by atoms with van der Waals surface area (Å²) in [5, 5.41) is 0. The third-order valence-corrected chi connectivity index (χ3v) is 8.85. The van der Waals surface area contributed by atoms with Crippen molar-refractivity contribution in [1.29, 1.82) is 0 Å². The van der Waals surface area contributed by atoms with Crippen LogP contribution in [0.1, 0.15) is 26.3 Å². The number of hydrogen-bond acceptors (Lipinski definition) is 7. The summed E-state index contributed by atoms with van der Waals surface area (Å²) in [4.78, 5) is 19.8. The van der Waals surface area contributed by atoms with E-state index in [0.717, 1.165) is 40.7 Å². The predicted molar refractivity (Wildman–Crippen MR) is 151 cm³/mol. The lowest BCUT2D eigenvalue weighted by atomic mass is 10.0. The van der Waals surface area contributed by atoms with E-state index in [-0.39, 0.29) is 48.8 Å². The maximum absolute atomic E-state index is 14.4. The molecule has 16 heteroatoms. The van der Waals surface area contributed by atoms with Crippen molar-refractivity contribution in [3.63, 3.8) is 0 Å². The van der Waals surface area contributed by atoms with E-state index in [4.69, 9.17) is 4.74 Å². The number of fused-ring (bicyclic) bond motifs is 3. The van der Waals surface area contributed by atoms with Crippen molar-refractivity contribution in [3.8, 4) is 16.9 Å². The van der Waals surface area contributed by atoms with Crippen LogP contribution in [0, 0.1) is 5.82 Å². The second kappa shape index (κ2) is 11.6. The number of nitrogens with zero attached hydrogens (tertiary/aromatic N) is 4. The number of aromatic nitrogens is 1. The number of anilines is 2. The molecule has 1 saturated heterocycles. The number of piperazine rings is 1. The van der Waals surface area contributed by atoms with Gasteiger partial charge in [-0.25, -0.2) is 22.6 Å². The Hall–Kier alpha value is -4.21. The molecule has 1 amide bonds. The Morgan fingerprint density at radius 2 is 1.73 bits per heavy atom. The van der Waals surface area contributed by atoms with Crippen LogP contribution in [0.25, 0.3) is 11.1 Å². The molecule has 242 valence electrons. The van der Waals surface area contributed by atoms with Gasteiger partial charge in [-0.15, -0.1) is 0 Å². The minimum Gasteiger partial charge on any atom is -0.444 e. The van der Waals surface area contributed by atoms with Crippen LogP contribution >= 0.6 is 0 Å². The highest BCUT2D eigenvalue weighted by Crippen LogP contribution is 2.42. The van der Waals surface area contributed by atoms with E-state index in [9.17, 15) is 39.6 Å². The Bertz CT molecular complexity index is 1710. The van der Waals surface area contributed by atoms with Gasteiger partial charge in [-0.2, -0.15) is 22.0 Å². The zero-order valence-corrected chi connectivity index (χ0v) is 25.0. The third-order valence-electron chi connectivity index (χ3n) is 7.08.